The van der Waals surface area contributed by atoms with Crippen molar-refractivity contribution in [3.8, 4) is 11.5 Å². The van der Waals surface area contributed by atoms with Crippen LogP contribution in [0, 0.1) is 0 Å². The molecule has 2 rings (SSSR count). The summed E-state index contributed by atoms with van der Waals surface area (Å²) >= 11 is 0. The number of nitrogens with zero attached hydrogens (tertiary/aromatic N) is 4. The Hall–Kier alpha value is -1.91. The molecule has 0 aliphatic heterocycles. The van der Waals surface area contributed by atoms with E-state index in [-0.39, 0.29) is 0 Å². The van der Waals surface area contributed by atoms with E-state index in [0.717, 1.165) is 5.69 Å². The normalized spacial score (nSPS) is 10.2. The Morgan fingerprint density at radius 1 is 1.23 bits per heavy atom. The maximum absolute atomic E-state index is 5.47. The molecule has 0 spiro atoms. The second-order valence-corrected chi connectivity index (χ2v) is 2.73. The lowest BCUT2D eigenvalue weighted by atomic mass is 10.4. The van der Waals surface area contributed by atoms with Crippen LogP contribution in [-0.2, 0) is 7.05 Å². The Kier molecular flexibility index (Phi) is 1.70. The molecule has 0 aliphatic rings. The van der Waals surface area contributed by atoms with Crippen molar-refractivity contribution in [2.45, 2.75) is 0 Å². The van der Waals surface area contributed by atoms with Crippen molar-refractivity contribution in [3.63, 3.8) is 0 Å². The predicted molar refractivity (Wildman–Crippen MR) is 48.6 cm³/mol. The first-order chi connectivity index (χ1) is 6.27. The summed E-state index contributed by atoms with van der Waals surface area (Å²) in [4.78, 5) is 12.1. The van der Waals surface area contributed by atoms with Crippen LogP contribution in [-0.4, -0.2) is 19.5 Å². The second kappa shape index (κ2) is 2.85. The highest BCUT2D eigenvalue weighted by molar-refractivity contribution is 5.49. The van der Waals surface area contributed by atoms with Gasteiger partial charge in [0.1, 0.15) is 5.69 Å². The number of rotatable bonds is 1. The molecule has 5 nitrogen and oxygen atoms in total. The Bertz CT molecular complexity index is 403. The van der Waals surface area contributed by atoms with Crippen LogP contribution in [0.15, 0.2) is 24.9 Å². The van der Waals surface area contributed by atoms with Gasteiger partial charge in [-0.25, -0.2) is 15.0 Å². The van der Waals surface area contributed by atoms with Crippen molar-refractivity contribution in [2.24, 2.45) is 7.05 Å². The van der Waals surface area contributed by atoms with Crippen LogP contribution < -0.4 is 5.73 Å². The van der Waals surface area contributed by atoms with E-state index < -0.39 is 0 Å². The Labute approximate surface area is 75.3 Å². The van der Waals surface area contributed by atoms with Gasteiger partial charge in [-0.05, 0) is 0 Å². The lowest BCUT2D eigenvalue weighted by Crippen LogP contribution is -1.96. The lowest BCUT2D eigenvalue weighted by molar-refractivity contribution is 0.908. The number of nitrogen functional groups attached to an aromatic ring is 1. The quantitative estimate of drug-likeness (QED) is 0.683. The fraction of sp³-hybridized carbons (Fsp3) is 0.125. The van der Waals surface area contributed by atoms with Crippen LogP contribution in [0.25, 0.3) is 11.5 Å². The highest BCUT2D eigenvalue weighted by Gasteiger charge is 2.03. The van der Waals surface area contributed by atoms with Crippen molar-refractivity contribution in [2.75, 3.05) is 5.73 Å². The predicted octanol–water partition coefficient (Wildman–Crippen LogP) is 0.459. The number of hydrogen-bond donors (Lipinski definition) is 1. The summed E-state index contributed by atoms with van der Waals surface area (Å²) in [6.45, 7) is 0. The van der Waals surface area contributed by atoms with E-state index >= 15 is 0 Å². The van der Waals surface area contributed by atoms with E-state index in [1.165, 1.54) is 0 Å². The minimum Gasteiger partial charge on any atom is -0.396 e. The van der Waals surface area contributed by atoms with Crippen LogP contribution in [0.4, 0.5) is 5.69 Å². The third-order valence-corrected chi connectivity index (χ3v) is 1.72. The first-order valence-electron chi connectivity index (χ1n) is 3.81. The Balaban J connectivity index is 2.47. The van der Waals surface area contributed by atoms with Gasteiger partial charge in [-0.2, -0.15) is 0 Å². The van der Waals surface area contributed by atoms with Crippen molar-refractivity contribution in [1.82, 2.24) is 19.5 Å². The van der Waals surface area contributed by atoms with Gasteiger partial charge >= 0.3 is 0 Å². The molecule has 5 heteroatoms. The summed E-state index contributed by atoms with van der Waals surface area (Å²) in [5.74, 6) is 0.634. The molecule has 13 heavy (non-hydrogen) atoms. The third-order valence-electron chi connectivity index (χ3n) is 1.72. The van der Waals surface area contributed by atoms with Gasteiger partial charge < -0.3 is 10.3 Å². The molecule has 2 heterocycles. The number of nitrogens with two attached hydrogens (primary N) is 1. The van der Waals surface area contributed by atoms with Crippen LogP contribution in [0.3, 0.4) is 0 Å². The topological polar surface area (TPSA) is 69.6 Å². The molecular weight excluding hydrogens is 166 g/mol. The van der Waals surface area contributed by atoms with Gasteiger partial charge in [0.05, 0.1) is 30.6 Å². The van der Waals surface area contributed by atoms with Crippen molar-refractivity contribution in [1.29, 1.82) is 0 Å². The van der Waals surface area contributed by atoms with E-state index in [2.05, 4.69) is 15.0 Å². The first kappa shape index (κ1) is 7.72. The van der Waals surface area contributed by atoms with Gasteiger partial charge in [0, 0.05) is 7.05 Å². The standard InChI is InChI=1S/C8H9N5/c1-13-5-10-4-7(13)8-11-2-6(9)3-12-8/h2-5H,9H2,1H3. The van der Waals surface area contributed by atoms with Crippen LogP contribution >= 0.6 is 0 Å². The van der Waals surface area contributed by atoms with E-state index in [1.807, 2.05) is 11.6 Å². The molecule has 2 aromatic heterocycles. The summed E-state index contributed by atoms with van der Waals surface area (Å²) in [7, 11) is 1.89. The largest absolute Gasteiger partial charge is 0.396 e. The maximum atomic E-state index is 5.47. The molecular formula is C8H9N5. The molecule has 2 aromatic rings. The smallest absolute Gasteiger partial charge is 0.177 e. The van der Waals surface area contributed by atoms with E-state index in [1.54, 1.807) is 24.9 Å². The van der Waals surface area contributed by atoms with Crippen molar-refractivity contribution in [3.05, 3.63) is 24.9 Å². The molecule has 0 bridgehead atoms. The number of aromatic nitrogens is 4. The fourth-order valence-corrected chi connectivity index (χ4v) is 1.04. The first-order valence-corrected chi connectivity index (χ1v) is 3.81. The number of anilines is 1. The molecule has 0 amide bonds. The fourth-order valence-electron chi connectivity index (χ4n) is 1.04. The second-order valence-electron chi connectivity index (χ2n) is 2.73. The van der Waals surface area contributed by atoms with Gasteiger partial charge in [0.25, 0.3) is 0 Å². The van der Waals surface area contributed by atoms with Gasteiger partial charge in [-0.3, -0.25) is 0 Å². The van der Waals surface area contributed by atoms with Crippen LogP contribution in [0.2, 0.25) is 0 Å². The maximum Gasteiger partial charge on any atom is 0.177 e. The summed E-state index contributed by atoms with van der Waals surface area (Å²) in [5, 5.41) is 0. The number of hydrogen-bond acceptors (Lipinski definition) is 4. The van der Waals surface area contributed by atoms with Crippen molar-refractivity contribution >= 4 is 5.69 Å². The minimum atomic E-state index is 0.561. The summed E-state index contributed by atoms with van der Waals surface area (Å²) in [6, 6.07) is 0. The zero-order valence-corrected chi connectivity index (χ0v) is 7.18. The molecule has 0 aromatic carbocycles. The van der Waals surface area contributed by atoms with Crippen molar-refractivity contribution < 1.29 is 0 Å². The molecule has 0 saturated heterocycles. The highest BCUT2D eigenvalue weighted by atomic mass is 15.1. The molecule has 0 unspecified atom stereocenters. The van der Waals surface area contributed by atoms with Gasteiger partial charge in [0.15, 0.2) is 5.82 Å². The molecule has 0 aliphatic carbocycles. The minimum absolute atomic E-state index is 0.561. The molecule has 0 fully saturated rings. The van der Waals surface area contributed by atoms with Crippen LogP contribution in [0.5, 0.6) is 0 Å². The Morgan fingerprint density at radius 2 is 1.92 bits per heavy atom. The summed E-state index contributed by atoms with van der Waals surface area (Å²) in [6.07, 6.45) is 6.57. The Morgan fingerprint density at radius 3 is 2.46 bits per heavy atom. The van der Waals surface area contributed by atoms with E-state index in [4.69, 9.17) is 5.73 Å². The van der Waals surface area contributed by atoms with Gasteiger partial charge in [-0.1, -0.05) is 0 Å². The molecule has 0 atom stereocenters. The monoisotopic (exact) mass is 175 g/mol. The average Bonchev–Trinajstić information content (AvgIpc) is 2.53. The molecule has 0 saturated carbocycles. The van der Waals surface area contributed by atoms with Gasteiger partial charge in [0.2, 0.25) is 0 Å². The summed E-state index contributed by atoms with van der Waals surface area (Å²) < 4.78 is 1.85. The number of aryl methyl sites for hydroxylation is 1. The number of imidazole rings is 1. The average molecular weight is 175 g/mol. The lowest BCUT2D eigenvalue weighted by Gasteiger charge is -1.99. The highest BCUT2D eigenvalue weighted by Crippen LogP contribution is 2.12. The summed E-state index contributed by atoms with van der Waals surface area (Å²) in [5.41, 5.74) is 6.91. The van der Waals surface area contributed by atoms with Gasteiger partial charge in [-0.15, -0.1) is 0 Å². The van der Waals surface area contributed by atoms with E-state index in [0.29, 0.717) is 11.5 Å². The SMILES string of the molecule is Cn1cncc1-c1ncc(N)cn1. The zero-order valence-electron chi connectivity index (χ0n) is 7.18. The third kappa shape index (κ3) is 1.35. The molecule has 66 valence electrons. The molecule has 0 radical (unpaired) electrons. The van der Waals surface area contributed by atoms with Crippen LogP contribution in [0.1, 0.15) is 0 Å². The zero-order chi connectivity index (χ0) is 9.26. The molecule has 2 N–H and O–H groups in total. The van der Waals surface area contributed by atoms with E-state index in [9.17, 15) is 0 Å².